The minimum Gasteiger partial charge on any atom is -0.492 e. The van der Waals surface area contributed by atoms with E-state index in [2.05, 4.69) is 10.2 Å². The number of hydrogen-bond donors (Lipinski definition) is 1. The summed E-state index contributed by atoms with van der Waals surface area (Å²) in [6.07, 6.45) is 0.116. The topological polar surface area (TPSA) is 71.1 Å². The normalized spacial score (nSPS) is 19.6. The van der Waals surface area contributed by atoms with E-state index in [4.69, 9.17) is 9.47 Å². The third-order valence-electron chi connectivity index (χ3n) is 5.14. The highest BCUT2D eigenvalue weighted by atomic mass is 16.5. The van der Waals surface area contributed by atoms with Gasteiger partial charge in [0.25, 0.3) is 5.91 Å². The molecule has 2 saturated heterocycles. The molecule has 2 aromatic rings. The Morgan fingerprint density at radius 1 is 1.07 bits per heavy atom. The summed E-state index contributed by atoms with van der Waals surface area (Å²) in [5.41, 5.74) is 2.43. The van der Waals surface area contributed by atoms with E-state index < -0.39 is 6.04 Å². The molecule has 0 saturated carbocycles. The summed E-state index contributed by atoms with van der Waals surface area (Å²) in [7, 11) is 0. The second-order valence-electron chi connectivity index (χ2n) is 7.02. The fourth-order valence-electron chi connectivity index (χ4n) is 3.71. The van der Waals surface area contributed by atoms with E-state index in [0.29, 0.717) is 18.0 Å². The first-order valence-corrected chi connectivity index (χ1v) is 9.95. The number of benzene rings is 2. The number of amides is 2. The lowest BCUT2D eigenvalue weighted by Crippen LogP contribution is -2.36. The molecule has 2 fully saturated rings. The summed E-state index contributed by atoms with van der Waals surface area (Å²) >= 11 is 0. The first kappa shape index (κ1) is 19.3. The van der Waals surface area contributed by atoms with Gasteiger partial charge in [-0.25, -0.2) is 4.90 Å². The molecule has 2 aliphatic heterocycles. The summed E-state index contributed by atoms with van der Waals surface area (Å²) in [6, 6.07) is 14.5. The van der Waals surface area contributed by atoms with E-state index in [0.717, 1.165) is 37.7 Å². The van der Waals surface area contributed by atoms with Gasteiger partial charge in [0.15, 0.2) is 0 Å². The second-order valence-corrected chi connectivity index (χ2v) is 7.02. The first-order chi connectivity index (χ1) is 14.2. The Balaban J connectivity index is 1.47. The molecule has 1 atom stereocenters. The van der Waals surface area contributed by atoms with E-state index in [9.17, 15) is 9.59 Å². The third-order valence-corrected chi connectivity index (χ3v) is 5.14. The Morgan fingerprint density at radius 3 is 2.52 bits per heavy atom. The van der Waals surface area contributed by atoms with Crippen LogP contribution < -0.4 is 19.9 Å². The molecule has 0 bridgehead atoms. The molecule has 2 aromatic carbocycles. The van der Waals surface area contributed by atoms with Gasteiger partial charge in [0.05, 0.1) is 31.9 Å². The largest absolute Gasteiger partial charge is 0.492 e. The molecule has 0 radical (unpaired) electrons. The Morgan fingerprint density at radius 2 is 1.79 bits per heavy atom. The lowest BCUT2D eigenvalue weighted by Gasteiger charge is -2.29. The maximum absolute atomic E-state index is 13.0. The van der Waals surface area contributed by atoms with Crippen molar-refractivity contribution in [3.05, 3.63) is 48.5 Å². The quantitative estimate of drug-likeness (QED) is 0.759. The van der Waals surface area contributed by atoms with Crippen molar-refractivity contribution in [3.8, 4) is 5.75 Å². The molecular formula is C22H25N3O4. The number of rotatable bonds is 6. The molecule has 0 unspecified atom stereocenters. The summed E-state index contributed by atoms with van der Waals surface area (Å²) in [5, 5.41) is 3.21. The van der Waals surface area contributed by atoms with Crippen molar-refractivity contribution in [2.75, 3.05) is 48.0 Å². The number of nitrogens with one attached hydrogen (secondary N) is 1. The van der Waals surface area contributed by atoms with Crippen LogP contribution in [0, 0.1) is 0 Å². The predicted molar refractivity (Wildman–Crippen MR) is 112 cm³/mol. The minimum atomic E-state index is -0.591. The molecule has 7 heteroatoms. The molecule has 2 aliphatic rings. The maximum atomic E-state index is 13.0. The Bertz CT molecular complexity index is 878. The van der Waals surface area contributed by atoms with Gasteiger partial charge in [-0.3, -0.25) is 9.59 Å². The zero-order valence-electron chi connectivity index (χ0n) is 16.5. The van der Waals surface area contributed by atoms with Gasteiger partial charge in [0, 0.05) is 24.5 Å². The molecule has 0 spiro atoms. The molecule has 1 N–H and O–H groups in total. The van der Waals surface area contributed by atoms with Crippen LogP contribution in [0.5, 0.6) is 5.75 Å². The van der Waals surface area contributed by atoms with Crippen molar-refractivity contribution in [1.29, 1.82) is 0 Å². The van der Waals surface area contributed by atoms with Crippen LogP contribution in [-0.4, -0.2) is 50.8 Å². The predicted octanol–water partition coefficient (Wildman–Crippen LogP) is 2.67. The molecule has 29 heavy (non-hydrogen) atoms. The van der Waals surface area contributed by atoms with Crippen molar-refractivity contribution < 1.29 is 19.1 Å². The zero-order chi connectivity index (χ0) is 20.2. The van der Waals surface area contributed by atoms with Gasteiger partial charge in [-0.15, -0.1) is 0 Å². The van der Waals surface area contributed by atoms with Gasteiger partial charge >= 0.3 is 0 Å². The summed E-state index contributed by atoms with van der Waals surface area (Å²) < 4.78 is 11.0. The van der Waals surface area contributed by atoms with Crippen molar-refractivity contribution in [2.24, 2.45) is 0 Å². The number of hydrogen-bond acceptors (Lipinski definition) is 6. The number of carbonyl (C=O) groups excluding carboxylic acids is 2. The van der Waals surface area contributed by atoms with Gasteiger partial charge in [0.1, 0.15) is 11.8 Å². The van der Waals surface area contributed by atoms with E-state index in [1.807, 2.05) is 37.3 Å². The van der Waals surface area contributed by atoms with Crippen LogP contribution in [0.1, 0.15) is 13.3 Å². The fourth-order valence-corrected chi connectivity index (χ4v) is 3.71. The van der Waals surface area contributed by atoms with Gasteiger partial charge in [-0.2, -0.15) is 0 Å². The third kappa shape index (κ3) is 4.05. The molecule has 152 valence electrons. The average molecular weight is 395 g/mol. The second kappa shape index (κ2) is 8.53. The van der Waals surface area contributed by atoms with Crippen molar-refractivity contribution in [3.63, 3.8) is 0 Å². The number of ether oxygens (including phenoxy) is 2. The molecule has 0 aromatic heterocycles. The fraction of sp³-hybridized carbons (Fsp3) is 0.364. The van der Waals surface area contributed by atoms with Crippen LogP contribution in [0.15, 0.2) is 48.5 Å². The smallest absolute Gasteiger partial charge is 0.256 e. The number of nitrogens with zero attached hydrogens (tertiary/aromatic N) is 2. The monoisotopic (exact) mass is 395 g/mol. The summed E-state index contributed by atoms with van der Waals surface area (Å²) in [4.78, 5) is 29.0. The summed E-state index contributed by atoms with van der Waals surface area (Å²) in [6.45, 7) is 5.54. The van der Waals surface area contributed by atoms with Crippen LogP contribution in [0.25, 0.3) is 0 Å². The van der Waals surface area contributed by atoms with E-state index in [1.54, 1.807) is 18.2 Å². The van der Waals surface area contributed by atoms with Gasteiger partial charge in [-0.1, -0.05) is 12.1 Å². The standard InChI is InChI=1S/C22H25N3O4/c1-2-29-20-6-4-3-5-19(20)25-21(26)15-18(22(25)27)23-16-7-9-17(10-8-16)24-11-13-28-14-12-24/h3-10,18,23H,2,11-15H2,1H3/t18-/m0/s1. The minimum absolute atomic E-state index is 0.116. The number of para-hydroxylation sites is 2. The Kier molecular flexibility index (Phi) is 5.67. The lowest BCUT2D eigenvalue weighted by atomic mass is 10.2. The Labute approximate surface area is 170 Å². The number of carbonyl (C=O) groups is 2. The van der Waals surface area contributed by atoms with Crippen molar-refractivity contribution >= 4 is 28.9 Å². The summed E-state index contributed by atoms with van der Waals surface area (Å²) in [5.74, 6) is 0.0382. The van der Waals surface area contributed by atoms with Crippen LogP contribution in [0.3, 0.4) is 0 Å². The molecule has 4 rings (SSSR count). The molecular weight excluding hydrogens is 370 g/mol. The van der Waals surface area contributed by atoms with Crippen LogP contribution in [-0.2, 0) is 14.3 Å². The number of morpholine rings is 1. The maximum Gasteiger partial charge on any atom is 0.256 e. The molecule has 7 nitrogen and oxygen atoms in total. The van der Waals surface area contributed by atoms with E-state index in [1.165, 1.54) is 4.90 Å². The van der Waals surface area contributed by atoms with Gasteiger partial charge < -0.3 is 19.7 Å². The van der Waals surface area contributed by atoms with E-state index in [-0.39, 0.29) is 18.2 Å². The SMILES string of the molecule is CCOc1ccccc1N1C(=O)C[C@H](Nc2ccc(N3CCOCC3)cc2)C1=O. The number of imide groups is 1. The van der Waals surface area contributed by atoms with Gasteiger partial charge in [-0.05, 0) is 43.3 Å². The highest BCUT2D eigenvalue weighted by Crippen LogP contribution is 2.33. The van der Waals surface area contributed by atoms with Gasteiger partial charge in [0.2, 0.25) is 5.91 Å². The lowest BCUT2D eigenvalue weighted by molar-refractivity contribution is -0.121. The van der Waals surface area contributed by atoms with Crippen LogP contribution in [0.2, 0.25) is 0 Å². The first-order valence-electron chi connectivity index (χ1n) is 9.95. The van der Waals surface area contributed by atoms with Crippen molar-refractivity contribution in [2.45, 2.75) is 19.4 Å². The highest BCUT2D eigenvalue weighted by Gasteiger charge is 2.40. The molecule has 0 aliphatic carbocycles. The number of anilines is 3. The highest BCUT2D eigenvalue weighted by molar-refractivity contribution is 6.23. The van der Waals surface area contributed by atoms with E-state index >= 15 is 0 Å². The zero-order valence-corrected chi connectivity index (χ0v) is 16.5. The van der Waals surface area contributed by atoms with Crippen LogP contribution in [0.4, 0.5) is 17.1 Å². The average Bonchev–Trinajstić information content (AvgIpc) is 3.03. The Hall–Kier alpha value is -3.06. The van der Waals surface area contributed by atoms with Crippen molar-refractivity contribution in [1.82, 2.24) is 0 Å². The molecule has 2 heterocycles. The van der Waals surface area contributed by atoms with Crippen LogP contribution >= 0.6 is 0 Å². The molecule has 2 amide bonds.